The first-order valence-corrected chi connectivity index (χ1v) is 8.36. The predicted octanol–water partition coefficient (Wildman–Crippen LogP) is 3.08. The zero-order valence-electron chi connectivity index (χ0n) is 14.0. The average molecular weight is 335 g/mol. The minimum Gasteiger partial charge on any atom is -0.497 e. The van der Waals surface area contributed by atoms with Crippen LogP contribution >= 0.6 is 12.2 Å². The largest absolute Gasteiger partial charge is 0.497 e. The van der Waals surface area contributed by atoms with E-state index in [1.807, 2.05) is 18.2 Å². The molecule has 0 radical (unpaired) electrons. The standard InChI is InChI=1S/C17H25N3O2S/c1-12-6-4-5-7-16(12)19-17(23)20-18-11-13-8-14(21-2)10-15(9-13)22-3/h8-12,16H,4-7H2,1-3H3,(H2,19,20,23)/b18-11-/t12-,16+/m1/s1. The van der Waals surface area contributed by atoms with E-state index in [1.54, 1.807) is 20.4 Å². The number of nitrogens with zero attached hydrogens (tertiary/aromatic N) is 1. The first-order chi connectivity index (χ1) is 11.1. The fourth-order valence-corrected chi connectivity index (χ4v) is 3.00. The lowest BCUT2D eigenvalue weighted by molar-refractivity contribution is 0.308. The highest BCUT2D eigenvalue weighted by Gasteiger charge is 2.21. The summed E-state index contributed by atoms with van der Waals surface area (Å²) in [5.74, 6) is 2.10. The van der Waals surface area contributed by atoms with Gasteiger partial charge < -0.3 is 14.8 Å². The number of hydrazone groups is 1. The molecule has 1 saturated carbocycles. The summed E-state index contributed by atoms with van der Waals surface area (Å²) >= 11 is 5.32. The SMILES string of the molecule is COc1cc(/C=N\NC(=S)N[C@H]2CCCC[C@H]2C)cc(OC)c1. The molecule has 23 heavy (non-hydrogen) atoms. The highest BCUT2D eigenvalue weighted by Crippen LogP contribution is 2.23. The topological polar surface area (TPSA) is 54.9 Å². The van der Waals surface area contributed by atoms with Gasteiger partial charge in [-0.2, -0.15) is 5.10 Å². The van der Waals surface area contributed by atoms with Crippen LogP contribution in [0, 0.1) is 5.92 Å². The van der Waals surface area contributed by atoms with E-state index in [2.05, 4.69) is 22.8 Å². The van der Waals surface area contributed by atoms with Crippen LogP contribution in [0.4, 0.5) is 0 Å². The van der Waals surface area contributed by atoms with Gasteiger partial charge in [-0.05, 0) is 43.1 Å². The lowest BCUT2D eigenvalue weighted by Gasteiger charge is -2.30. The van der Waals surface area contributed by atoms with Crippen LogP contribution in [-0.2, 0) is 0 Å². The second kappa shape index (κ2) is 8.72. The number of rotatable bonds is 5. The van der Waals surface area contributed by atoms with Crippen LogP contribution in [0.1, 0.15) is 38.2 Å². The van der Waals surface area contributed by atoms with Crippen LogP contribution < -0.4 is 20.2 Å². The van der Waals surface area contributed by atoms with Gasteiger partial charge in [0.1, 0.15) is 11.5 Å². The number of methoxy groups -OCH3 is 2. The Morgan fingerprint density at radius 1 is 1.17 bits per heavy atom. The summed E-state index contributed by atoms with van der Waals surface area (Å²) in [7, 11) is 3.25. The molecule has 1 aromatic rings. The van der Waals surface area contributed by atoms with Crippen molar-refractivity contribution in [3.63, 3.8) is 0 Å². The minimum atomic E-state index is 0.441. The number of hydrogen-bond acceptors (Lipinski definition) is 4. The second-order valence-corrected chi connectivity index (χ2v) is 6.27. The van der Waals surface area contributed by atoms with Crippen LogP contribution in [0.25, 0.3) is 0 Å². The summed E-state index contributed by atoms with van der Waals surface area (Å²) in [5.41, 5.74) is 3.76. The molecule has 1 aliphatic carbocycles. The molecular weight excluding hydrogens is 310 g/mol. The fraction of sp³-hybridized carbons (Fsp3) is 0.529. The zero-order chi connectivity index (χ0) is 16.7. The molecule has 0 spiro atoms. The molecule has 1 aliphatic rings. The van der Waals surface area contributed by atoms with Crippen molar-refractivity contribution in [2.75, 3.05) is 14.2 Å². The van der Waals surface area contributed by atoms with Crippen LogP contribution in [0.5, 0.6) is 11.5 Å². The van der Waals surface area contributed by atoms with Gasteiger partial charge in [-0.3, -0.25) is 5.43 Å². The molecule has 0 bridgehead atoms. The van der Waals surface area contributed by atoms with Crippen molar-refractivity contribution in [1.82, 2.24) is 10.7 Å². The molecule has 0 aromatic heterocycles. The Bertz CT molecular complexity index is 541. The third-order valence-electron chi connectivity index (χ3n) is 4.18. The smallest absolute Gasteiger partial charge is 0.187 e. The maximum atomic E-state index is 5.32. The van der Waals surface area contributed by atoms with Crippen molar-refractivity contribution >= 4 is 23.5 Å². The molecule has 1 aromatic carbocycles. The van der Waals surface area contributed by atoms with E-state index >= 15 is 0 Å². The molecule has 126 valence electrons. The molecule has 6 heteroatoms. The molecule has 0 aliphatic heterocycles. The van der Waals surface area contributed by atoms with E-state index in [0.29, 0.717) is 17.1 Å². The Kier molecular flexibility index (Phi) is 6.65. The van der Waals surface area contributed by atoms with Crippen LogP contribution in [0.2, 0.25) is 0 Å². The highest BCUT2D eigenvalue weighted by atomic mass is 32.1. The molecule has 5 nitrogen and oxygen atoms in total. The summed E-state index contributed by atoms with van der Waals surface area (Å²) in [5, 5.41) is 8.11. The third kappa shape index (κ3) is 5.39. The Balaban J connectivity index is 1.89. The van der Waals surface area contributed by atoms with Crippen molar-refractivity contribution < 1.29 is 9.47 Å². The second-order valence-electron chi connectivity index (χ2n) is 5.86. The molecular formula is C17H25N3O2S. The Labute approximate surface area is 143 Å². The number of benzene rings is 1. The average Bonchev–Trinajstić information content (AvgIpc) is 2.56. The van der Waals surface area contributed by atoms with E-state index < -0.39 is 0 Å². The molecule has 2 rings (SSSR count). The van der Waals surface area contributed by atoms with Gasteiger partial charge in [0.05, 0.1) is 20.4 Å². The van der Waals surface area contributed by atoms with E-state index in [0.717, 1.165) is 17.1 Å². The summed E-state index contributed by atoms with van der Waals surface area (Å²) in [6, 6.07) is 6.03. The van der Waals surface area contributed by atoms with Gasteiger partial charge in [0.2, 0.25) is 0 Å². The maximum absolute atomic E-state index is 5.32. The third-order valence-corrected chi connectivity index (χ3v) is 4.39. The van der Waals surface area contributed by atoms with Crippen LogP contribution in [0.3, 0.4) is 0 Å². The summed E-state index contributed by atoms with van der Waals surface area (Å²) in [4.78, 5) is 0. The van der Waals surface area contributed by atoms with Crippen molar-refractivity contribution in [2.24, 2.45) is 11.0 Å². The lowest BCUT2D eigenvalue weighted by Crippen LogP contribution is -2.44. The van der Waals surface area contributed by atoms with E-state index in [9.17, 15) is 0 Å². The lowest BCUT2D eigenvalue weighted by atomic mass is 9.86. The number of hydrogen-bond donors (Lipinski definition) is 2. The Hall–Kier alpha value is -1.82. The molecule has 0 saturated heterocycles. The quantitative estimate of drug-likeness (QED) is 0.492. The zero-order valence-corrected chi connectivity index (χ0v) is 14.8. The van der Waals surface area contributed by atoms with Crippen molar-refractivity contribution in [2.45, 2.75) is 38.6 Å². The maximum Gasteiger partial charge on any atom is 0.187 e. The minimum absolute atomic E-state index is 0.441. The van der Waals surface area contributed by atoms with Crippen molar-refractivity contribution in [1.29, 1.82) is 0 Å². The summed E-state index contributed by atoms with van der Waals surface area (Å²) in [6.45, 7) is 2.27. The van der Waals surface area contributed by atoms with Crippen molar-refractivity contribution in [3.8, 4) is 11.5 Å². The van der Waals surface area contributed by atoms with Gasteiger partial charge in [0.25, 0.3) is 0 Å². The van der Waals surface area contributed by atoms with Gasteiger partial charge in [-0.15, -0.1) is 0 Å². The summed E-state index contributed by atoms with van der Waals surface area (Å²) < 4.78 is 10.5. The van der Waals surface area contributed by atoms with E-state index in [4.69, 9.17) is 21.7 Å². The molecule has 2 atom stereocenters. The molecule has 0 heterocycles. The molecule has 1 fully saturated rings. The monoisotopic (exact) mass is 335 g/mol. The van der Waals surface area contributed by atoms with Gasteiger partial charge in [-0.25, -0.2) is 0 Å². The fourth-order valence-electron chi connectivity index (χ4n) is 2.80. The van der Waals surface area contributed by atoms with E-state index in [-0.39, 0.29) is 0 Å². The first-order valence-electron chi connectivity index (χ1n) is 7.95. The Morgan fingerprint density at radius 3 is 2.43 bits per heavy atom. The van der Waals surface area contributed by atoms with Gasteiger partial charge in [0.15, 0.2) is 5.11 Å². The van der Waals surface area contributed by atoms with Gasteiger partial charge in [-0.1, -0.05) is 19.8 Å². The predicted molar refractivity (Wildman–Crippen MR) is 97.4 cm³/mol. The number of ether oxygens (including phenoxy) is 2. The normalized spacial score (nSPS) is 21.0. The van der Waals surface area contributed by atoms with Crippen molar-refractivity contribution in [3.05, 3.63) is 23.8 Å². The van der Waals surface area contributed by atoms with Gasteiger partial charge >= 0.3 is 0 Å². The number of thiocarbonyl (C=S) groups is 1. The number of nitrogens with one attached hydrogen (secondary N) is 2. The summed E-state index contributed by atoms with van der Waals surface area (Å²) in [6.07, 6.45) is 6.70. The highest BCUT2D eigenvalue weighted by molar-refractivity contribution is 7.80. The van der Waals surface area contributed by atoms with E-state index in [1.165, 1.54) is 25.7 Å². The van der Waals surface area contributed by atoms with Crippen LogP contribution in [0.15, 0.2) is 23.3 Å². The molecule has 2 N–H and O–H groups in total. The first kappa shape index (κ1) is 17.5. The van der Waals surface area contributed by atoms with Crippen LogP contribution in [-0.4, -0.2) is 31.6 Å². The molecule has 0 unspecified atom stereocenters. The Morgan fingerprint density at radius 2 is 1.83 bits per heavy atom. The van der Waals surface area contributed by atoms with Gasteiger partial charge in [0, 0.05) is 17.7 Å². The molecule has 0 amide bonds.